The van der Waals surface area contributed by atoms with Crippen LogP contribution in [0.15, 0.2) is 23.1 Å². The summed E-state index contributed by atoms with van der Waals surface area (Å²) in [5, 5.41) is 9.64. The summed E-state index contributed by atoms with van der Waals surface area (Å²) in [6.45, 7) is 2.03. The second-order valence-electron chi connectivity index (χ2n) is 5.55. The van der Waals surface area contributed by atoms with E-state index in [9.17, 15) is 13.5 Å². The minimum absolute atomic E-state index is 0.187. The summed E-state index contributed by atoms with van der Waals surface area (Å²) in [5.74, 6) is 0. The smallest absolute Gasteiger partial charge is 0.243 e. The van der Waals surface area contributed by atoms with Crippen LogP contribution >= 0.6 is 0 Å². The van der Waals surface area contributed by atoms with Crippen molar-refractivity contribution in [2.75, 3.05) is 13.1 Å². The number of aliphatic hydroxyl groups is 1. The van der Waals surface area contributed by atoms with E-state index in [1.165, 1.54) is 9.87 Å². The molecule has 3 rings (SSSR count). The highest BCUT2D eigenvalue weighted by Crippen LogP contribution is 2.30. The van der Waals surface area contributed by atoms with Gasteiger partial charge in [-0.1, -0.05) is 6.07 Å². The number of fused-ring (bicyclic) bond motifs is 1. The van der Waals surface area contributed by atoms with Crippen molar-refractivity contribution < 1.29 is 13.5 Å². The standard InChI is InChI=1S/C13H17NO3S/c1-13(15)8-14(9-13)18(16,17)12-6-5-10-3-2-4-11(10)7-12/h5-7,15H,2-4,8-9H2,1H3. The Bertz CT molecular complexity index is 584. The van der Waals surface area contributed by atoms with Gasteiger partial charge in [0.15, 0.2) is 0 Å². The lowest BCUT2D eigenvalue weighted by Gasteiger charge is -2.42. The van der Waals surface area contributed by atoms with E-state index in [0.29, 0.717) is 4.90 Å². The van der Waals surface area contributed by atoms with Gasteiger partial charge in [0.2, 0.25) is 10.0 Å². The number of rotatable bonds is 2. The van der Waals surface area contributed by atoms with Gasteiger partial charge in [-0.05, 0) is 49.4 Å². The summed E-state index contributed by atoms with van der Waals surface area (Å²) in [4.78, 5) is 0.360. The Morgan fingerprint density at radius 1 is 1.22 bits per heavy atom. The van der Waals surface area contributed by atoms with E-state index >= 15 is 0 Å². The van der Waals surface area contributed by atoms with Crippen LogP contribution < -0.4 is 0 Å². The third kappa shape index (κ3) is 1.86. The zero-order valence-electron chi connectivity index (χ0n) is 10.4. The van der Waals surface area contributed by atoms with E-state index in [2.05, 4.69) is 0 Å². The highest BCUT2D eigenvalue weighted by molar-refractivity contribution is 7.89. The molecule has 0 atom stereocenters. The van der Waals surface area contributed by atoms with Crippen LogP contribution in [-0.2, 0) is 22.9 Å². The molecule has 1 aliphatic heterocycles. The molecule has 1 N–H and O–H groups in total. The van der Waals surface area contributed by atoms with Gasteiger partial charge in [0.25, 0.3) is 0 Å². The van der Waals surface area contributed by atoms with Crippen molar-refractivity contribution in [2.24, 2.45) is 0 Å². The molecule has 18 heavy (non-hydrogen) atoms. The van der Waals surface area contributed by atoms with Crippen LogP contribution in [0.4, 0.5) is 0 Å². The molecule has 1 aromatic rings. The fraction of sp³-hybridized carbons (Fsp3) is 0.538. The maximum absolute atomic E-state index is 12.3. The minimum atomic E-state index is -3.42. The number of nitrogens with zero attached hydrogens (tertiary/aromatic N) is 1. The van der Waals surface area contributed by atoms with Crippen molar-refractivity contribution in [2.45, 2.75) is 36.7 Å². The van der Waals surface area contributed by atoms with Gasteiger partial charge in [0, 0.05) is 13.1 Å². The van der Waals surface area contributed by atoms with Gasteiger partial charge in [0.05, 0.1) is 10.5 Å². The molecule has 4 nitrogen and oxygen atoms in total. The zero-order valence-corrected chi connectivity index (χ0v) is 11.2. The zero-order chi connectivity index (χ0) is 13.0. The third-order valence-electron chi connectivity index (χ3n) is 3.74. The van der Waals surface area contributed by atoms with Crippen LogP contribution in [0.5, 0.6) is 0 Å². The highest BCUT2D eigenvalue weighted by atomic mass is 32.2. The van der Waals surface area contributed by atoms with Crippen LogP contribution in [0.2, 0.25) is 0 Å². The van der Waals surface area contributed by atoms with Crippen LogP contribution in [-0.4, -0.2) is 36.5 Å². The largest absolute Gasteiger partial charge is 0.387 e. The SMILES string of the molecule is CC1(O)CN(S(=O)(=O)c2ccc3c(c2)CCC3)C1. The van der Waals surface area contributed by atoms with E-state index < -0.39 is 15.6 Å². The first-order chi connectivity index (χ1) is 8.38. The molecular weight excluding hydrogens is 250 g/mol. The molecule has 0 radical (unpaired) electrons. The molecule has 1 fully saturated rings. The number of β-amino-alcohol motifs (C(OH)–C–C–N with tert-alkyl or cyclic N) is 1. The van der Waals surface area contributed by atoms with E-state index in [1.54, 1.807) is 19.1 Å². The van der Waals surface area contributed by atoms with Gasteiger partial charge in [-0.2, -0.15) is 4.31 Å². The topological polar surface area (TPSA) is 57.6 Å². The molecule has 1 aromatic carbocycles. The van der Waals surface area contributed by atoms with E-state index in [1.807, 2.05) is 6.07 Å². The summed E-state index contributed by atoms with van der Waals surface area (Å²) >= 11 is 0. The fourth-order valence-electron chi connectivity index (χ4n) is 2.74. The first kappa shape index (κ1) is 12.1. The monoisotopic (exact) mass is 267 g/mol. The summed E-state index contributed by atoms with van der Waals surface area (Å²) in [6, 6.07) is 5.41. The van der Waals surface area contributed by atoms with Crippen molar-refractivity contribution in [1.29, 1.82) is 0 Å². The van der Waals surface area contributed by atoms with Crippen LogP contribution in [0.25, 0.3) is 0 Å². The number of sulfonamides is 1. The van der Waals surface area contributed by atoms with Crippen molar-refractivity contribution >= 4 is 10.0 Å². The lowest BCUT2D eigenvalue weighted by atomic mass is 10.0. The molecule has 0 saturated carbocycles. The average molecular weight is 267 g/mol. The third-order valence-corrected chi connectivity index (χ3v) is 5.53. The molecule has 0 spiro atoms. The first-order valence-corrected chi connectivity index (χ1v) is 7.67. The van der Waals surface area contributed by atoms with Crippen LogP contribution in [0, 0.1) is 0 Å². The molecule has 0 aromatic heterocycles. The van der Waals surface area contributed by atoms with E-state index in [-0.39, 0.29) is 13.1 Å². The number of hydrogen-bond acceptors (Lipinski definition) is 3. The molecule has 98 valence electrons. The lowest BCUT2D eigenvalue weighted by molar-refractivity contribution is -0.0426. The van der Waals surface area contributed by atoms with Crippen LogP contribution in [0.3, 0.4) is 0 Å². The Morgan fingerprint density at radius 3 is 2.56 bits per heavy atom. The van der Waals surface area contributed by atoms with Crippen molar-refractivity contribution in [1.82, 2.24) is 4.31 Å². The van der Waals surface area contributed by atoms with Gasteiger partial charge < -0.3 is 5.11 Å². The van der Waals surface area contributed by atoms with Gasteiger partial charge >= 0.3 is 0 Å². The molecule has 1 saturated heterocycles. The molecule has 2 aliphatic rings. The molecule has 1 aliphatic carbocycles. The molecule has 0 unspecified atom stereocenters. The van der Waals surface area contributed by atoms with Gasteiger partial charge in [-0.15, -0.1) is 0 Å². The van der Waals surface area contributed by atoms with Crippen LogP contribution in [0.1, 0.15) is 24.5 Å². The predicted octanol–water partition coefficient (Wildman–Crippen LogP) is 0.931. The summed E-state index contributed by atoms with van der Waals surface area (Å²) < 4.78 is 26.0. The molecular formula is C13H17NO3S. The summed E-state index contributed by atoms with van der Waals surface area (Å²) in [6.07, 6.45) is 3.13. The Labute approximate surface area is 107 Å². The Morgan fingerprint density at radius 2 is 1.89 bits per heavy atom. The molecule has 1 heterocycles. The van der Waals surface area contributed by atoms with Gasteiger partial charge in [-0.3, -0.25) is 0 Å². The molecule has 5 heteroatoms. The lowest BCUT2D eigenvalue weighted by Crippen LogP contribution is -2.61. The average Bonchev–Trinajstić information content (AvgIpc) is 2.72. The van der Waals surface area contributed by atoms with Gasteiger partial charge in [0.1, 0.15) is 0 Å². The van der Waals surface area contributed by atoms with E-state index in [4.69, 9.17) is 0 Å². The van der Waals surface area contributed by atoms with Crippen molar-refractivity contribution in [3.63, 3.8) is 0 Å². The van der Waals surface area contributed by atoms with Crippen molar-refractivity contribution in [3.8, 4) is 0 Å². The molecule has 0 bridgehead atoms. The number of hydrogen-bond donors (Lipinski definition) is 1. The highest BCUT2D eigenvalue weighted by Gasteiger charge is 2.43. The summed E-state index contributed by atoms with van der Waals surface area (Å²) in [7, 11) is -3.42. The summed E-state index contributed by atoms with van der Waals surface area (Å²) in [5.41, 5.74) is 1.55. The van der Waals surface area contributed by atoms with E-state index in [0.717, 1.165) is 24.8 Å². The Hall–Kier alpha value is -0.910. The maximum Gasteiger partial charge on any atom is 0.243 e. The van der Waals surface area contributed by atoms with Crippen molar-refractivity contribution in [3.05, 3.63) is 29.3 Å². The quantitative estimate of drug-likeness (QED) is 0.867. The number of benzene rings is 1. The minimum Gasteiger partial charge on any atom is -0.387 e. The molecule has 0 amide bonds. The maximum atomic E-state index is 12.3. The Kier molecular flexibility index (Phi) is 2.56. The first-order valence-electron chi connectivity index (χ1n) is 6.23. The predicted molar refractivity (Wildman–Crippen MR) is 67.8 cm³/mol. The number of aryl methyl sites for hydroxylation is 2. The Balaban J connectivity index is 1.91. The van der Waals surface area contributed by atoms with Gasteiger partial charge in [-0.25, -0.2) is 8.42 Å². The second kappa shape index (κ2) is 3.79. The fourth-order valence-corrected chi connectivity index (χ4v) is 4.47. The normalized spacial score (nSPS) is 22.6. The second-order valence-corrected chi connectivity index (χ2v) is 7.49.